The molecule has 0 saturated heterocycles. The maximum absolute atomic E-state index is 13.3. The Morgan fingerprint density at radius 3 is 2.18 bits per heavy atom. The van der Waals surface area contributed by atoms with Crippen LogP contribution >= 0.6 is 0 Å². The second-order valence-electron chi connectivity index (χ2n) is 10.3. The number of aromatic hydroxyl groups is 1. The summed E-state index contributed by atoms with van der Waals surface area (Å²) in [7, 11) is 0. The molecule has 6 nitrogen and oxygen atoms in total. The molecule has 4 rings (SSSR count). The second-order valence-corrected chi connectivity index (χ2v) is 10.3. The molecule has 0 radical (unpaired) electrons. The normalized spacial score (nSPS) is 12.7. The zero-order valence-electron chi connectivity index (χ0n) is 19.9. The van der Waals surface area contributed by atoms with Crippen molar-refractivity contribution in [1.29, 1.82) is 0 Å². The minimum absolute atomic E-state index is 0.269. The van der Waals surface area contributed by atoms with E-state index in [4.69, 9.17) is 4.42 Å². The first-order chi connectivity index (χ1) is 15.5. The molecule has 1 N–H and O–H groups in total. The Morgan fingerprint density at radius 2 is 1.61 bits per heavy atom. The minimum Gasteiger partial charge on any atom is -0.507 e. The van der Waals surface area contributed by atoms with Gasteiger partial charge in [-0.05, 0) is 52.8 Å². The molecule has 0 aliphatic carbocycles. The molecule has 2 heterocycles. The first-order valence-electron chi connectivity index (χ1n) is 10.9. The number of fused-ring (bicyclic) bond motifs is 1. The molecule has 0 spiro atoms. The number of rotatable bonds is 3. The van der Waals surface area contributed by atoms with Gasteiger partial charge in [-0.15, -0.1) is 0 Å². The Hall–Kier alpha value is -3.67. The molecular weight excluding hydrogens is 414 g/mol. The third kappa shape index (κ3) is 4.33. The summed E-state index contributed by atoms with van der Waals surface area (Å²) in [4.78, 5) is 17.9. The van der Waals surface area contributed by atoms with Gasteiger partial charge in [-0.3, -0.25) is 4.79 Å². The Kier molecular flexibility index (Phi) is 5.48. The maximum atomic E-state index is 13.3. The van der Waals surface area contributed by atoms with Gasteiger partial charge in [-0.25, -0.2) is 4.98 Å². The number of aromatic nitrogens is 2. The van der Waals surface area contributed by atoms with Crippen molar-refractivity contribution in [3.8, 4) is 17.3 Å². The molecule has 2 aromatic heterocycles. The Bertz CT molecular complexity index is 1360. The lowest BCUT2D eigenvalue weighted by Crippen LogP contribution is -2.20. The lowest BCUT2D eigenvalue weighted by atomic mass is 9.78. The van der Waals surface area contributed by atoms with Crippen LogP contribution in [0.4, 0.5) is 0 Å². The summed E-state index contributed by atoms with van der Waals surface area (Å²) in [6.07, 6.45) is 3.17. The SMILES string of the molecule is CC(C)(C)c1cc(/C=N\n2c(-c3ccco3)nc3ccccc3c2=O)cc(C(C)(C)C)c1O. The lowest BCUT2D eigenvalue weighted by Gasteiger charge is -2.27. The van der Waals surface area contributed by atoms with E-state index in [0.717, 1.165) is 16.7 Å². The van der Waals surface area contributed by atoms with Crippen molar-refractivity contribution in [3.05, 3.63) is 81.8 Å². The van der Waals surface area contributed by atoms with Crippen LogP contribution in [-0.4, -0.2) is 21.0 Å². The average Bonchev–Trinajstić information content (AvgIpc) is 3.27. The van der Waals surface area contributed by atoms with Gasteiger partial charge < -0.3 is 9.52 Å². The molecular formula is C27H29N3O3. The van der Waals surface area contributed by atoms with Crippen LogP contribution in [0.1, 0.15) is 58.2 Å². The third-order valence-electron chi connectivity index (χ3n) is 5.57. The predicted molar refractivity (Wildman–Crippen MR) is 132 cm³/mol. The average molecular weight is 444 g/mol. The van der Waals surface area contributed by atoms with Gasteiger partial charge in [0.2, 0.25) is 5.82 Å². The molecule has 0 unspecified atom stereocenters. The summed E-state index contributed by atoms with van der Waals surface area (Å²) >= 11 is 0. The molecule has 0 aliphatic rings. The van der Waals surface area contributed by atoms with Crippen molar-refractivity contribution >= 4 is 17.1 Å². The zero-order valence-corrected chi connectivity index (χ0v) is 19.9. The van der Waals surface area contributed by atoms with Crippen LogP contribution in [0.2, 0.25) is 0 Å². The van der Waals surface area contributed by atoms with Crippen molar-refractivity contribution in [2.24, 2.45) is 5.10 Å². The summed E-state index contributed by atoms with van der Waals surface area (Å²) in [5.41, 5.74) is 2.19. The van der Waals surface area contributed by atoms with Gasteiger partial charge in [-0.1, -0.05) is 53.7 Å². The van der Waals surface area contributed by atoms with Gasteiger partial charge in [-0.2, -0.15) is 9.78 Å². The summed E-state index contributed by atoms with van der Waals surface area (Å²) < 4.78 is 6.80. The fraction of sp³-hybridized carbons (Fsp3) is 0.296. The van der Waals surface area contributed by atoms with Crippen molar-refractivity contribution < 1.29 is 9.52 Å². The van der Waals surface area contributed by atoms with Gasteiger partial charge in [0.05, 0.1) is 23.4 Å². The number of benzene rings is 2. The highest BCUT2D eigenvalue weighted by atomic mass is 16.3. The molecule has 0 aliphatic heterocycles. The number of hydrogen-bond donors (Lipinski definition) is 1. The van der Waals surface area contributed by atoms with Crippen molar-refractivity contribution in [2.45, 2.75) is 52.4 Å². The van der Waals surface area contributed by atoms with E-state index in [1.165, 1.54) is 10.9 Å². The first-order valence-corrected chi connectivity index (χ1v) is 10.9. The number of phenolic OH excluding ortho intramolecular Hbond substituents is 1. The minimum atomic E-state index is -0.283. The molecule has 33 heavy (non-hydrogen) atoms. The molecule has 0 bridgehead atoms. The van der Waals surface area contributed by atoms with Crippen LogP contribution in [-0.2, 0) is 10.8 Å². The smallest absolute Gasteiger partial charge is 0.282 e. The largest absolute Gasteiger partial charge is 0.507 e. The van der Waals surface area contributed by atoms with Crippen molar-refractivity contribution in [2.75, 3.05) is 0 Å². The second kappa shape index (κ2) is 8.03. The molecule has 0 fully saturated rings. The quantitative estimate of drug-likeness (QED) is 0.403. The molecule has 6 heteroatoms. The van der Waals surface area contributed by atoms with Crippen LogP contribution < -0.4 is 5.56 Å². The third-order valence-corrected chi connectivity index (χ3v) is 5.57. The van der Waals surface area contributed by atoms with E-state index in [0.29, 0.717) is 28.2 Å². The van der Waals surface area contributed by atoms with E-state index in [1.807, 2.05) is 18.2 Å². The molecule has 2 aromatic carbocycles. The van der Waals surface area contributed by atoms with E-state index in [-0.39, 0.29) is 16.4 Å². The molecule has 0 atom stereocenters. The number of para-hydroxylation sites is 1. The summed E-state index contributed by atoms with van der Waals surface area (Å²) in [5.74, 6) is 1.07. The molecule has 170 valence electrons. The van der Waals surface area contributed by atoms with Gasteiger partial charge in [0.1, 0.15) is 5.75 Å². The summed E-state index contributed by atoms with van der Waals surface area (Å²) in [5, 5.41) is 16.0. The highest BCUT2D eigenvalue weighted by Crippen LogP contribution is 2.39. The highest BCUT2D eigenvalue weighted by molar-refractivity contribution is 5.83. The van der Waals surface area contributed by atoms with Gasteiger partial charge in [0, 0.05) is 11.1 Å². The van der Waals surface area contributed by atoms with Crippen LogP contribution in [0.5, 0.6) is 5.75 Å². The molecule has 0 amide bonds. The molecule has 4 aromatic rings. The lowest BCUT2D eigenvalue weighted by molar-refractivity contribution is 0.423. The van der Waals surface area contributed by atoms with E-state index in [1.54, 1.807) is 36.5 Å². The Balaban J connectivity index is 1.93. The van der Waals surface area contributed by atoms with E-state index >= 15 is 0 Å². The van der Waals surface area contributed by atoms with Crippen molar-refractivity contribution in [3.63, 3.8) is 0 Å². The topological polar surface area (TPSA) is 80.6 Å². The van der Waals surface area contributed by atoms with E-state index in [2.05, 4.69) is 51.6 Å². The fourth-order valence-electron chi connectivity index (χ4n) is 3.80. The maximum Gasteiger partial charge on any atom is 0.282 e. The van der Waals surface area contributed by atoms with Gasteiger partial charge in [0.15, 0.2) is 5.76 Å². The van der Waals surface area contributed by atoms with Crippen LogP contribution in [0.3, 0.4) is 0 Å². The zero-order chi connectivity index (χ0) is 24.0. The van der Waals surface area contributed by atoms with E-state index < -0.39 is 0 Å². The first kappa shape index (κ1) is 22.5. The van der Waals surface area contributed by atoms with E-state index in [9.17, 15) is 9.90 Å². The number of nitrogens with zero attached hydrogens (tertiary/aromatic N) is 3. The molecule has 0 saturated carbocycles. The number of phenols is 1. The Morgan fingerprint density at radius 1 is 0.970 bits per heavy atom. The van der Waals surface area contributed by atoms with Gasteiger partial charge >= 0.3 is 0 Å². The van der Waals surface area contributed by atoms with Crippen LogP contribution in [0, 0.1) is 0 Å². The predicted octanol–water partition coefficient (Wildman–Crippen LogP) is 5.84. The monoisotopic (exact) mass is 443 g/mol. The van der Waals surface area contributed by atoms with Crippen molar-refractivity contribution in [1.82, 2.24) is 9.66 Å². The summed E-state index contributed by atoms with van der Waals surface area (Å²) in [6, 6.07) is 14.5. The van der Waals surface area contributed by atoms with Crippen LogP contribution in [0.25, 0.3) is 22.5 Å². The standard InChI is InChI=1S/C27H29N3O3/c1-26(2,3)19-14-17(15-20(23(19)31)27(4,5)6)16-28-30-24(22-12-9-13-33-22)29-21-11-8-7-10-18(21)25(30)32/h7-16,31H,1-6H3/b28-16-. The number of hydrogen-bond acceptors (Lipinski definition) is 5. The van der Waals surface area contributed by atoms with Crippen LogP contribution in [0.15, 0.2) is 69.1 Å². The number of furan rings is 1. The Labute approximate surface area is 193 Å². The summed E-state index contributed by atoms with van der Waals surface area (Å²) in [6.45, 7) is 12.3. The fourth-order valence-corrected chi connectivity index (χ4v) is 3.80. The highest BCUT2D eigenvalue weighted by Gasteiger charge is 2.26. The van der Waals surface area contributed by atoms with Gasteiger partial charge in [0.25, 0.3) is 5.56 Å².